The van der Waals surface area contributed by atoms with Crippen LogP contribution in [0.25, 0.3) is 0 Å². The van der Waals surface area contributed by atoms with Crippen LogP contribution >= 0.6 is 34.2 Å². The normalized spacial score (nSPS) is 10.8. The van der Waals surface area contributed by atoms with E-state index in [2.05, 4.69) is 34.2 Å². The summed E-state index contributed by atoms with van der Waals surface area (Å²) in [6, 6.07) is 9.53. The Hall–Kier alpha value is -1.53. The first-order valence-electron chi connectivity index (χ1n) is 6.96. The monoisotopic (exact) mass is 441 g/mol. The molecule has 2 aromatic carbocycles. The van der Waals surface area contributed by atoms with Crippen LogP contribution in [-0.4, -0.2) is 19.9 Å². The molecule has 0 bridgehead atoms. The maximum Gasteiger partial charge on any atom is 0.174 e. The van der Waals surface area contributed by atoms with E-state index in [9.17, 15) is 0 Å². The van der Waals surface area contributed by atoms with Crippen LogP contribution in [0.15, 0.2) is 48.0 Å². The molecule has 2 rings (SSSR count). The number of benzene rings is 2. The fourth-order valence-corrected chi connectivity index (χ4v) is 2.91. The molecule has 0 aliphatic rings. The molecule has 0 saturated carbocycles. The fraction of sp³-hybridized carbons (Fsp3) is 0.167. The number of ether oxygens (including phenoxy) is 2. The van der Waals surface area contributed by atoms with Crippen LogP contribution in [0.2, 0.25) is 5.02 Å². The summed E-state index contributed by atoms with van der Waals surface area (Å²) >= 11 is 8.24. The Balaban J connectivity index is 2.33. The largest absolute Gasteiger partial charge is 0.493 e. The Morgan fingerprint density at radius 2 is 2.09 bits per heavy atom. The van der Waals surface area contributed by atoms with Crippen molar-refractivity contribution in [3.8, 4) is 11.5 Å². The van der Waals surface area contributed by atoms with Crippen LogP contribution in [0.5, 0.6) is 11.5 Å². The summed E-state index contributed by atoms with van der Waals surface area (Å²) in [4.78, 5) is 4.52. The van der Waals surface area contributed by atoms with E-state index in [1.54, 1.807) is 19.4 Å². The molecule has 0 amide bonds. The predicted octanol–water partition coefficient (Wildman–Crippen LogP) is 5.58. The van der Waals surface area contributed by atoms with E-state index in [4.69, 9.17) is 21.1 Å². The Morgan fingerprint density at radius 3 is 2.78 bits per heavy atom. The molecule has 2 aromatic rings. The van der Waals surface area contributed by atoms with Gasteiger partial charge in [0.25, 0.3) is 0 Å². The van der Waals surface area contributed by atoms with Gasteiger partial charge in [0.2, 0.25) is 0 Å². The minimum absolute atomic E-state index is 0.432. The van der Waals surface area contributed by atoms with E-state index in [-0.39, 0.29) is 0 Å². The van der Waals surface area contributed by atoms with Gasteiger partial charge < -0.3 is 9.47 Å². The maximum atomic E-state index is 6.02. The highest BCUT2D eigenvalue weighted by atomic mass is 127. The molecular formula is C18H17ClINO2. The van der Waals surface area contributed by atoms with E-state index in [1.165, 1.54) is 0 Å². The molecule has 0 aliphatic heterocycles. The molecule has 0 spiro atoms. The van der Waals surface area contributed by atoms with Crippen molar-refractivity contribution in [2.45, 2.75) is 6.92 Å². The Kier molecular flexibility index (Phi) is 6.47. The summed E-state index contributed by atoms with van der Waals surface area (Å²) in [5, 5.41) is 0.670. The lowest BCUT2D eigenvalue weighted by molar-refractivity contribution is 0.324. The standard InChI is InChI=1S/C18H17ClINO2/c1-4-7-23-18-15(20)8-13(9-17(18)22-3)11-21-16-10-14(19)6-5-12(16)2/h4-6,8-11H,1,7H2,2-3H3. The number of aryl methyl sites for hydroxylation is 1. The number of aliphatic imine (C=N–C) groups is 1. The highest BCUT2D eigenvalue weighted by molar-refractivity contribution is 14.1. The number of hydrogen-bond donors (Lipinski definition) is 0. The van der Waals surface area contributed by atoms with Gasteiger partial charge in [-0.3, -0.25) is 4.99 Å². The van der Waals surface area contributed by atoms with Crippen molar-refractivity contribution in [2.75, 3.05) is 13.7 Å². The molecule has 0 unspecified atom stereocenters. The molecule has 0 saturated heterocycles. The van der Waals surface area contributed by atoms with Crippen LogP contribution in [0.3, 0.4) is 0 Å². The van der Waals surface area contributed by atoms with Gasteiger partial charge in [0, 0.05) is 11.2 Å². The molecular weight excluding hydrogens is 425 g/mol. The van der Waals surface area contributed by atoms with Crippen molar-refractivity contribution >= 4 is 46.1 Å². The molecule has 0 aliphatic carbocycles. The molecule has 120 valence electrons. The Morgan fingerprint density at radius 1 is 1.30 bits per heavy atom. The van der Waals surface area contributed by atoms with Gasteiger partial charge in [0.1, 0.15) is 6.61 Å². The van der Waals surface area contributed by atoms with E-state index in [0.29, 0.717) is 23.1 Å². The minimum atomic E-state index is 0.432. The number of nitrogens with zero attached hydrogens (tertiary/aromatic N) is 1. The SMILES string of the molecule is C=CCOc1c(I)cc(C=Nc2cc(Cl)ccc2C)cc1OC. The molecule has 0 heterocycles. The highest BCUT2D eigenvalue weighted by Gasteiger charge is 2.10. The molecule has 3 nitrogen and oxygen atoms in total. The first-order chi connectivity index (χ1) is 11.0. The van der Waals surface area contributed by atoms with Gasteiger partial charge in [-0.2, -0.15) is 0 Å². The van der Waals surface area contributed by atoms with Gasteiger partial charge in [-0.05, 0) is 64.9 Å². The van der Waals surface area contributed by atoms with Gasteiger partial charge in [-0.25, -0.2) is 0 Å². The van der Waals surface area contributed by atoms with Gasteiger partial charge in [-0.1, -0.05) is 30.3 Å². The molecule has 0 atom stereocenters. The number of methoxy groups -OCH3 is 1. The van der Waals surface area contributed by atoms with E-state index >= 15 is 0 Å². The Labute approximate surface area is 155 Å². The highest BCUT2D eigenvalue weighted by Crippen LogP contribution is 2.34. The van der Waals surface area contributed by atoms with Crippen LogP contribution in [0.1, 0.15) is 11.1 Å². The zero-order valence-corrected chi connectivity index (χ0v) is 15.9. The van der Waals surface area contributed by atoms with Gasteiger partial charge in [0.15, 0.2) is 11.5 Å². The second-order valence-corrected chi connectivity index (χ2v) is 6.42. The summed E-state index contributed by atoms with van der Waals surface area (Å²) < 4.78 is 12.0. The van der Waals surface area contributed by atoms with E-state index in [0.717, 1.165) is 20.4 Å². The predicted molar refractivity (Wildman–Crippen MR) is 105 cm³/mol. The molecule has 0 fully saturated rings. The third-order valence-corrected chi connectivity index (χ3v) is 4.16. The van der Waals surface area contributed by atoms with Crippen LogP contribution in [-0.2, 0) is 0 Å². The average Bonchev–Trinajstić information content (AvgIpc) is 2.54. The van der Waals surface area contributed by atoms with Gasteiger partial charge >= 0.3 is 0 Å². The smallest absolute Gasteiger partial charge is 0.174 e. The minimum Gasteiger partial charge on any atom is -0.493 e. The summed E-state index contributed by atoms with van der Waals surface area (Å²) in [5.74, 6) is 1.38. The Bertz CT molecular complexity index is 744. The maximum absolute atomic E-state index is 6.02. The second kappa shape index (κ2) is 8.36. The van der Waals surface area contributed by atoms with Crippen LogP contribution < -0.4 is 9.47 Å². The summed E-state index contributed by atoms with van der Waals surface area (Å²) in [7, 11) is 1.62. The van der Waals surface area contributed by atoms with Crippen molar-refractivity contribution in [2.24, 2.45) is 4.99 Å². The van der Waals surface area contributed by atoms with Gasteiger partial charge in [0.05, 0.1) is 16.4 Å². The summed E-state index contributed by atoms with van der Waals surface area (Å²) in [6.07, 6.45) is 3.49. The number of rotatable bonds is 6. The lowest BCUT2D eigenvalue weighted by atomic mass is 10.2. The quantitative estimate of drug-likeness (QED) is 0.333. The molecule has 23 heavy (non-hydrogen) atoms. The first-order valence-corrected chi connectivity index (χ1v) is 8.42. The second-order valence-electron chi connectivity index (χ2n) is 4.82. The average molecular weight is 442 g/mol. The number of halogens is 2. The van der Waals surface area contributed by atoms with E-state index in [1.807, 2.05) is 37.3 Å². The molecule has 0 N–H and O–H groups in total. The van der Waals surface area contributed by atoms with Crippen LogP contribution in [0, 0.1) is 10.5 Å². The third-order valence-electron chi connectivity index (χ3n) is 3.12. The molecule has 5 heteroatoms. The summed E-state index contributed by atoms with van der Waals surface area (Å²) in [6.45, 7) is 6.09. The van der Waals surface area contributed by atoms with Crippen LogP contribution in [0.4, 0.5) is 5.69 Å². The lowest BCUT2D eigenvalue weighted by Gasteiger charge is -2.12. The van der Waals surface area contributed by atoms with Crippen molar-refractivity contribution in [1.29, 1.82) is 0 Å². The molecule has 0 radical (unpaired) electrons. The first kappa shape index (κ1) is 17.8. The van der Waals surface area contributed by atoms with Crippen molar-refractivity contribution in [3.05, 3.63) is 62.7 Å². The van der Waals surface area contributed by atoms with E-state index < -0.39 is 0 Å². The third kappa shape index (κ3) is 4.72. The van der Waals surface area contributed by atoms with Crippen molar-refractivity contribution in [3.63, 3.8) is 0 Å². The topological polar surface area (TPSA) is 30.8 Å². The van der Waals surface area contributed by atoms with Crippen molar-refractivity contribution in [1.82, 2.24) is 0 Å². The molecule has 0 aromatic heterocycles. The van der Waals surface area contributed by atoms with Crippen molar-refractivity contribution < 1.29 is 9.47 Å². The zero-order valence-electron chi connectivity index (χ0n) is 13.0. The zero-order chi connectivity index (χ0) is 16.8. The fourth-order valence-electron chi connectivity index (χ4n) is 1.96. The van der Waals surface area contributed by atoms with Gasteiger partial charge in [-0.15, -0.1) is 0 Å². The lowest BCUT2D eigenvalue weighted by Crippen LogP contribution is -1.99. The number of hydrogen-bond acceptors (Lipinski definition) is 3. The summed E-state index contributed by atoms with van der Waals surface area (Å²) in [5.41, 5.74) is 2.84.